The fourth-order valence-electron chi connectivity index (χ4n) is 9.75. The van der Waals surface area contributed by atoms with Gasteiger partial charge < -0.3 is 9.40 Å². The number of pyridine rings is 3. The van der Waals surface area contributed by atoms with Gasteiger partial charge in [-0.05, 0) is 46.5 Å². The molecule has 2 aliphatic rings. The molecule has 0 unspecified atom stereocenters. The second-order valence-electron chi connectivity index (χ2n) is 18.7. The number of aromatic nitrogens is 3. The van der Waals surface area contributed by atoms with Gasteiger partial charge in [-0.2, -0.15) is 0 Å². The summed E-state index contributed by atoms with van der Waals surface area (Å²) in [6.07, 6.45) is 19.6. The minimum atomic E-state index is -1.92. The van der Waals surface area contributed by atoms with Gasteiger partial charge in [-0.1, -0.05) is 105 Å². The van der Waals surface area contributed by atoms with Gasteiger partial charge in [-0.15, -0.1) is 6.07 Å². The molecule has 2 aliphatic carbocycles. The summed E-state index contributed by atoms with van der Waals surface area (Å²) in [4.78, 5) is 14.4. The summed E-state index contributed by atoms with van der Waals surface area (Å²) in [7, 11) is 0. The van der Waals surface area contributed by atoms with Crippen LogP contribution in [0.2, 0.25) is 17.3 Å². The molecule has 4 aromatic carbocycles. The van der Waals surface area contributed by atoms with Gasteiger partial charge in [0.1, 0.15) is 5.58 Å². The zero-order valence-corrected chi connectivity index (χ0v) is 40.8. The Labute approximate surface area is 378 Å². The Bertz CT molecular complexity index is 2760. The van der Waals surface area contributed by atoms with Crippen LogP contribution < -0.4 is 4.40 Å². The van der Waals surface area contributed by atoms with Crippen LogP contribution in [-0.2, 0) is 32.9 Å². The van der Waals surface area contributed by atoms with Crippen molar-refractivity contribution in [2.24, 2.45) is 11.8 Å². The fraction of sp³-hybridized carbons (Fsp3) is 0.327. The zero-order valence-electron chi connectivity index (χ0n) is 36.4. The van der Waals surface area contributed by atoms with E-state index in [0.717, 1.165) is 68.3 Å². The van der Waals surface area contributed by atoms with Crippen LogP contribution in [0.4, 0.5) is 0 Å². The maximum absolute atomic E-state index is 6.23. The van der Waals surface area contributed by atoms with Crippen molar-refractivity contribution in [2.75, 3.05) is 0 Å². The van der Waals surface area contributed by atoms with Crippen LogP contribution in [-0.4, -0.2) is 28.2 Å². The molecule has 0 spiro atoms. The minimum absolute atomic E-state index is 0. The molecule has 2 saturated carbocycles. The smallest absolute Gasteiger partial charge is 0 e. The number of furan rings is 1. The molecule has 0 bridgehead atoms. The van der Waals surface area contributed by atoms with Crippen LogP contribution in [0.25, 0.3) is 66.5 Å². The van der Waals surface area contributed by atoms with Gasteiger partial charge in [0.25, 0.3) is 0 Å². The molecule has 0 saturated heterocycles. The van der Waals surface area contributed by atoms with E-state index in [1.807, 2.05) is 12.3 Å². The molecule has 0 amide bonds. The Morgan fingerprint density at radius 3 is 2.02 bits per heavy atom. The number of para-hydroxylation sites is 1. The summed E-state index contributed by atoms with van der Waals surface area (Å²) >= 11 is -1.92. The molecule has 0 aliphatic heterocycles. The number of fused-ring (bicyclic) bond motifs is 4. The van der Waals surface area contributed by atoms with E-state index < -0.39 is 13.3 Å². The molecule has 313 valence electrons. The van der Waals surface area contributed by atoms with Gasteiger partial charge >= 0.3 is 160 Å². The number of nitrogens with zero attached hydrogens (tertiary/aromatic N) is 3. The fourth-order valence-corrected chi connectivity index (χ4v) is 13.1. The van der Waals surface area contributed by atoms with E-state index in [1.165, 1.54) is 79.7 Å². The van der Waals surface area contributed by atoms with Crippen LogP contribution in [0.15, 0.2) is 120 Å². The molecule has 4 aromatic heterocycles. The van der Waals surface area contributed by atoms with Gasteiger partial charge in [0.15, 0.2) is 5.71 Å². The normalized spacial score (nSPS) is 14.8. The minimum Gasteiger partial charge on any atom is 0 e. The first-order valence-corrected chi connectivity index (χ1v) is 29.7. The molecule has 10 rings (SSSR count). The van der Waals surface area contributed by atoms with Crippen molar-refractivity contribution in [1.82, 2.24) is 15.0 Å². The molecule has 0 N–H and O–H groups in total. The first-order valence-electron chi connectivity index (χ1n) is 22.4. The van der Waals surface area contributed by atoms with Gasteiger partial charge in [-0.25, -0.2) is 0 Å². The SMILES string of the molecule is CC(C)c1cnc(-c2[c-]c3c(nc2)oc2c(-c4ccccc4)cccc23)cc1CC1CCCC1.[CH3][Ge]([CH3])([CH3])[c]1cnc(-c2[c-]cc3ccccc3c2)cc1CC1CCCC1.[Ir]. The molecule has 6 heteroatoms. The predicted octanol–water partition coefficient (Wildman–Crippen LogP) is 14.3. The third-order valence-electron chi connectivity index (χ3n) is 13.0. The Morgan fingerprint density at radius 2 is 1.31 bits per heavy atom. The standard InChI is InChI=1S/C31H29N2O.C24H28GeN.Ir/c1-20(2)28-19-32-29(17-23(28)15-21-9-6-7-10-21)24-16-27-26-14-8-13-25(22-11-4-3-5-12-22)30(26)34-31(27)33-18-24;1-25(2,3)23-17-26-24(16-22(23)14-18-8-4-5-9-18)21-13-12-19-10-6-7-11-20(19)15-21;/h3-5,8,11-14,17-21H,6-7,9-10,15H2,1-2H3;6-7,10-12,15-18H,4-5,8-9,14H2,1-3H3;/q2*-1;. The predicted molar refractivity (Wildman–Crippen MR) is 253 cm³/mol. The van der Waals surface area contributed by atoms with Crippen LogP contribution in [0, 0.1) is 24.0 Å². The average molecular weight is 1040 g/mol. The molecule has 0 atom stereocenters. The van der Waals surface area contributed by atoms with Crippen LogP contribution in [0.5, 0.6) is 0 Å². The second-order valence-corrected chi connectivity index (χ2v) is 29.3. The molecule has 1 radical (unpaired) electrons. The van der Waals surface area contributed by atoms with Crippen molar-refractivity contribution >= 4 is 50.5 Å². The topological polar surface area (TPSA) is 51.8 Å². The molecular formula is C55H57GeIrN3O-2. The van der Waals surface area contributed by atoms with Crippen LogP contribution in [0.3, 0.4) is 0 Å². The second kappa shape index (κ2) is 18.9. The van der Waals surface area contributed by atoms with E-state index in [2.05, 4.69) is 152 Å². The first kappa shape index (κ1) is 43.2. The maximum Gasteiger partial charge on any atom is 0 e. The molecule has 2 fully saturated rings. The molecule has 61 heavy (non-hydrogen) atoms. The van der Waals surface area contributed by atoms with Crippen molar-refractivity contribution < 1.29 is 24.5 Å². The monoisotopic (exact) mass is 1040 g/mol. The number of hydrogen-bond acceptors (Lipinski definition) is 4. The van der Waals surface area contributed by atoms with Gasteiger partial charge in [0.2, 0.25) is 0 Å². The van der Waals surface area contributed by atoms with E-state index in [0.29, 0.717) is 11.6 Å². The average Bonchev–Trinajstić information content (AvgIpc) is 4.06. The van der Waals surface area contributed by atoms with Crippen molar-refractivity contribution in [3.05, 3.63) is 144 Å². The Balaban J connectivity index is 0.000000172. The Hall–Kier alpha value is -4.42. The largest absolute Gasteiger partial charge is 0 e. The first-order chi connectivity index (χ1) is 29.2. The zero-order chi connectivity index (χ0) is 41.2. The van der Waals surface area contributed by atoms with Crippen molar-refractivity contribution in [2.45, 2.75) is 101 Å². The molecule has 8 aromatic rings. The Kier molecular flexibility index (Phi) is 13.4. The third kappa shape index (κ3) is 9.65. The summed E-state index contributed by atoms with van der Waals surface area (Å²) in [6, 6.07) is 41.2. The molecule has 4 nitrogen and oxygen atoms in total. The van der Waals surface area contributed by atoms with Crippen molar-refractivity contribution in [3.63, 3.8) is 0 Å². The van der Waals surface area contributed by atoms with E-state index in [9.17, 15) is 0 Å². The van der Waals surface area contributed by atoms with E-state index in [1.54, 1.807) is 9.96 Å². The summed E-state index contributed by atoms with van der Waals surface area (Å²) < 4.78 is 7.81. The number of hydrogen-bond donors (Lipinski definition) is 0. The summed E-state index contributed by atoms with van der Waals surface area (Å²) in [6.45, 7) is 4.52. The van der Waals surface area contributed by atoms with E-state index in [4.69, 9.17) is 14.4 Å². The number of rotatable bonds is 9. The number of benzene rings is 4. The van der Waals surface area contributed by atoms with Gasteiger partial charge in [0.05, 0.1) is 0 Å². The van der Waals surface area contributed by atoms with Crippen LogP contribution in [0.1, 0.15) is 87.8 Å². The summed E-state index contributed by atoms with van der Waals surface area (Å²) in [5, 5.41) is 4.45. The molecule has 4 heterocycles. The Morgan fingerprint density at radius 1 is 0.672 bits per heavy atom. The molecular weight excluding hydrogens is 983 g/mol. The van der Waals surface area contributed by atoms with Gasteiger partial charge in [0, 0.05) is 37.6 Å². The maximum atomic E-state index is 6.23. The third-order valence-corrected chi connectivity index (χ3v) is 17.3. The van der Waals surface area contributed by atoms with Crippen molar-refractivity contribution in [3.8, 4) is 33.6 Å². The van der Waals surface area contributed by atoms with Gasteiger partial charge in [-0.3, -0.25) is 4.98 Å². The van der Waals surface area contributed by atoms with E-state index in [-0.39, 0.29) is 20.1 Å². The summed E-state index contributed by atoms with van der Waals surface area (Å²) in [5.74, 6) is 9.59. The quantitative estimate of drug-likeness (QED) is 0.107. The van der Waals surface area contributed by atoms with Crippen LogP contribution >= 0.6 is 0 Å². The summed E-state index contributed by atoms with van der Waals surface area (Å²) in [5.41, 5.74) is 12.1. The van der Waals surface area contributed by atoms with Crippen molar-refractivity contribution in [1.29, 1.82) is 0 Å². The van der Waals surface area contributed by atoms with E-state index >= 15 is 0 Å².